The Morgan fingerprint density at radius 3 is 2.56 bits per heavy atom. The van der Waals surface area contributed by atoms with Crippen molar-refractivity contribution in [2.75, 3.05) is 0 Å². The molecule has 0 bridgehead atoms. The van der Waals surface area contributed by atoms with Crippen LogP contribution in [0.5, 0.6) is 0 Å². The molecule has 1 amide bonds. The van der Waals surface area contributed by atoms with Crippen molar-refractivity contribution in [3.05, 3.63) is 105 Å². The topological polar surface area (TPSA) is 58.2 Å². The number of carbonyl (C=O) groups is 1. The second kappa shape index (κ2) is 10.4. The molecule has 0 atom stereocenters. The lowest BCUT2D eigenvalue weighted by Gasteiger charge is -2.12. The zero-order chi connectivity index (χ0) is 22.3. The van der Waals surface area contributed by atoms with Gasteiger partial charge in [0.05, 0.1) is 23.9 Å². The van der Waals surface area contributed by atoms with E-state index in [2.05, 4.69) is 26.1 Å². The molecule has 1 saturated heterocycles. The minimum atomic E-state index is -0.125. The highest BCUT2D eigenvalue weighted by molar-refractivity contribution is 9.10. The first-order valence-corrected chi connectivity index (χ1v) is 11.5. The fourth-order valence-electron chi connectivity index (χ4n) is 3.01. The van der Waals surface area contributed by atoms with Crippen LogP contribution in [-0.2, 0) is 11.3 Å². The monoisotopic (exact) mass is 505 g/mol. The molecule has 0 radical (unpaired) electrons. The summed E-state index contributed by atoms with van der Waals surface area (Å²) in [7, 11) is 0. The lowest BCUT2D eigenvalue weighted by atomic mass is 10.1. The second-order valence-electron chi connectivity index (χ2n) is 7.06. The summed E-state index contributed by atoms with van der Waals surface area (Å²) in [6, 6.07) is 21.4. The molecule has 0 N–H and O–H groups in total. The molecule has 4 rings (SSSR count). The fraction of sp³-hybridized carbons (Fsp3) is 0.0800. The van der Waals surface area contributed by atoms with Crippen LogP contribution in [0.1, 0.15) is 23.8 Å². The lowest BCUT2D eigenvalue weighted by Crippen LogP contribution is -2.28. The first-order valence-electron chi connectivity index (χ1n) is 9.92. The molecule has 160 valence electrons. The highest BCUT2D eigenvalue weighted by atomic mass is 79.9. The van der Waals surface area contributed by atoms with Crippen molar-refractivity contribution in [2.45, 2.75) is 13.5 Å². The molecule has 1 aliphatic rings. The second-order valence-corrected chi connectivity index (χ2v) is 8.98. The molecule has 1 aliphatic heterocycles. The van der Waals surface area contributed by atoms with Gasteiger partial charge < -0.3 is 4.42 Å². The number of furan rings is 1. The van der Waals surface area contributed by atoms with Crippen molar-refractivity contribution in [3.8, 4) is 0 Å². The number of benzene rings is 2. The number of amidine groups is 1. The number of amides is 1. The van der Waals surface area contributed by atoms with Crippen molar-refractivity contribution >= 4 is 57.1 Å². The molecule has 2 aromatic carbocycles. The van der Waals surface area contributed by atoms with Crippen molar-refractivity contribution < 1.29 is 9.21 Å². The van der Waals surface area contributed by atoms with Crippen molar-refractivity contribution in [1.82, 2.24) is 4.90 Å². The summed E-state index contributed by atoms with van der Waals surface area (Å²) in [5.74, 6) is 0.556. The third-order valence-electron chi connectivity index (χ3n) is 4.55. The predicted octanol–water partition coefficient (Wildman–Crippen LogP) is 6.60. The summed E-state index contributed by atoms with van der Waals surface area (Å²) < 4.78 is 6.42. The Morgan fingerprint density at radius 1 is 1.06 bits per heavy atom. The third kappa shape index (κ3) is 5.75. The van der Waals surface area contributed by atoms with Gasteiger partial charge in [-0.25, -0.2) is 0 Å². The minimum Gasteiger partial charge on any atom is -0.467 e. The first-order chi connectivity index (χ1) is 15.6. The molecule has 5 nitrogen and oxygen atoms in total. The summed E-state index contributed by atoms with van der Waals surface area (Å²) in [5, 5.41) is 9.09. The van der Waals surface area contributed by atoms with Crippen LogP contribution in [-0.4, -0.2) is 22.2 Å². The third-order valence-corrected chi connectivity index (χ3v) is 6.07. The lowest BCUT2D eigenvalue weighted by molar-refractivity contribution is -0.122. The van der Waals surface area contributed by atoms with Gasteiger partial charge >= 0.3 is 0 Å². The maximum absolute atomic E-state index is 13.1. The predicted molar refractivity (Wildman–Crippen MR) is 135 cm³/mol. The Labute approximate surface area is 199 Å². The number of hydrogen-bond donors (Lipinski definition) is 0. The summed E-state index contributed by atoms with van der Waals surface area (Å²) >= 11 is 4.74. The highest BCUT2D eigenvalue weighted by Gasteiger charge is 2.34. The molecule has 3 aromatic rings. The van der Waals surface area contributed by atoms with Gasteiger partial charge in [-0.1, -0.05) is 64.5 Å². The highest BCUT2D eigenvalue weighted by Crippen LogP contribution is 2.34. The van der Waals surface area contributed by atoms with Crippen LogP contribution in [0.25, 0.3) is 12.2 Å². The van der Waals surface area contributed by atoms with E-state index in [4.69, 9.17) is 4.42 Å². The normalized spacial score (nSPS) is 17.2. The van der Waals surface area contributed by atoms with Crippen LogP contribution in [0.4, 0.5) is 0 Å². The Balaban J connectivity index is 1.58. The van der Waals surface area contributed by atoms with E-state index < -0.39 is 0 Å². The van der Waals surface area contributed by atoms with Gasteiger partial charge in [0.15, 0.2) is 5.17 Å². The van der Waals surface area contributed by atoms with E-state index in [0.717, 1.165) is 21.2 Å². The molecular formula is C25H20BrN3O2S. The van der Waals surface area contributed by atoms with Crippen LogP contribution in [0.15, 0.2) is 103 Å². The molecule has 1 aromatic heterocycles. The van der Waals surface area contributed by atoms with E-state index in [0.29, 0.717) is 22.4 Å². The van der Waals surface area contributed by atoms with E-state index >= 15 is 0 Å². The van der Waals surface area contributed by atoms with Crippen LogP contribution in [0.3, 0.4) is 0 Å². The van der Waals surface area contributed by atoms with Crippen LogP contribution in [0.2, 0.25) is 0 Å². The molecule has 7 heteroatoms. The maximum atomic E-state index is 13.1. The molecule has 32 heavy (non-hydrogen) atoms. The number of nitrogens with zero attached hydrogens (tertiary/aromatic N) is 3. The quantitative estimate of drug-likeness (QED) is 0.215. The number of hydrogen-bond acceptors (Lipinski definition) is 5. The van der Waals surface area contributed by atoms with E-state index in [9.17, 15) is 4.79 Å². The molecule has 1 fully saturated rings. The number of allylic oxidation sites excluding steroid dienone is 1. The minimum absolute atomic E-state index is 0.125. The van der Waals surface area contributed by atoms with Crippen molar-refractivity contribution in [3.63, 3.8) is 0 Å². The molecule has 0 aliphatic carbocycles. The standard InChI is InChI=1S/C25H20BrN3O2S/c1-18(14-19-6-3-2-4-7-19)16-27-28-25-29(17-22-8-5-13-31-22)24(30)23(32-25)15-20-9-11-21(26)12-10-20/h2-16H,17H2,1H3/b18-14+,23-15-,27-16-,28-25+. The summed E-state index contributed by atoms with van der Waals surface area (Å²) in [4.78, 5) is 15.3. The number of thioether (sulfide) groups is 1. The van der Waals surface area contributed by atoms with Crippen molar-refractivity contribution in [1.29, 1.82) is 0 Å². The SMILES string of the molecule is CC(/C=N\N=C1\S/C(=C\c2ccc(Br)cc2)C(=O)N1Cc1ccco1)=C\c1ccccc1. The fourth-order valence-corrected chi connectivity index (χ4v) is 4.21. The Hall–Kier alpha value is -3.16. The molecule has 0 spiro atoms. The van der Waals surface area contributed by atoms with Gasteiger partial charge in [-0.15, -0.1) is 5.10 Å². The summed E-state index contributed by atoms with van der Waals surface area (Å²) in [5.41, 5.74) is 2.99. The zero-order valence-electron chi connectivity index (χ0n) is 17.3. The van der Waals surface area contributed by atoms with E-state index in [1.54, 1.807) is 23.4 Å². The smallest absolute Gasteiger partial charge is 0.267 e. The Bertz CT molecular complexity index is 1200. The maximum Gasteiger partial charge on any atom is 0.267 e. The Kier molecular flexibility index (Phi) is 7.19. The number of rotatable bonds is 6. The van der Waals surface area contributed by atoms with Gasteiger partial charge in [-0.3, -0.25) is 9.69 Å². The van der Waals surface area contributed by atoms with Gasteiger partial charge in [0.2, 0.25) is 0 Å². The van der Waals surface area contributed by atoms with Gasteiger partial charge in [0, 0.05) is 4.47 Å². The van der Waals surface area contributed by atoms with E-state index in [1.807, 2.05) is 79.7 Å². The van der Waals surface area contributed by atoms with Crippen molar-refractivity contribution in [2.24, 2.45) is 10.2 Å². The number of halogens is 1. The zero-order valence-corrected chi connectivity index (χ0v) is 19.7. The molecule has 0 saturated carbocycles. The van der Waals surface area contributed by atoms with Crippen LogP contribution < -0.4 is 0 Å². The average molecular weight is 506 g/mol. The Morgan fingerprint density at radius 2 is 1.84 bits per heavy atom. The molecule has 2 heterocycles. The summed E-state index contributed by atoms with van der Waals surface area (Å²) in [6.45, 7) is 2.26. The van der Waals surface area contributed by atoms with Crippen LogP contribution >= 0.6 is 27.7 Å². The van der Waals surface area contributed by atoms with E-state index in [1.165, 1.54) is 11.8 Å². The average Bonchev–Trinajstić information content (AvgIpc) is 3.40. The van der Waals surface area contributed by atoms with Gasteiger partial charge in [0.1, 0.15) is 5.76 Å². The first kappa shape index (κ1) is 22.0. The van der Waals surface area contributed by atoms with Crippen LogP contribution in [0, 0.1) is 0 Å². The van der Waals surface area contributed by atoms with Gasteiger partial charge in [-0.05, 0) is 65.7 Å². The van der Waals surface area contributed by atoms with Gasteiger partial charge in [-0.2, -0.15) is 5.10 Å². The molecular weight excluding hydrogens is 486 g/mol. The summed E-state index contributed by atoms with van der Waals surface area (Å²) in [6.07, 6.45) is 7.17. The van der Waals surface area contributed by atoms with Gasteiger partial charge in [0.25, 0.3) is 5.91 Å². The number of carbonyl (C=O) groups excluding carboxylic acids is 1. The van der Waals surface area contributed by atoms with E-state index in [-0.39, 0.29) is 5.91 Å². The largest absolute Gasteiger partial charge is 0.467 e. The molecule has 0 unspecified atom stereocenters.